The van der Waals surface area contributed by atoms with E-state index >= 15 is 0 Å². The topological polar surface area (TPSA) is 153 Å². The number of nitrogens with one attached hydrogen (secondary N) is 3. The Hall–Kier alpha value is -3.89. The molecular formula is C34H40Br2F3N7O4. The molecular weight excluding hydrogens is 787 g/mol. The van der Waals surface area contributed by atoms with Crippen molar-refractivity contribution >= 4 is 55.4 Å². The first-order valence-corrected chi connectivity index (χ1v) is 17.8. The number of piperazine rings is 1. The van der Waals surface area contributed by atoms with E-state index in [9.17, 15) is 32.7 Å². The van der Waals surface area contributed by atoms with Gasteiger partial charge in [0.15, 0.2) is 0 Å². The van der Waals surface area contributed by atoms with Crippen LogP contribution in [0.25, 0.3) is 0 Å². The van der Waals surface area contributed by atoms with Crippen LogP contribution >= 0.6 is 31.9 Å². The predicted molar refractivity (Wildman–Crippen MR) is 191 cm³/mol. The third kappa shape index (κ3) is 11.3. The number of hydrogen-bond donors (Lipinski definition) is 5. The van der Waals surface area contributed by atoms with E-state index < -0.39 is 35.8 Å². The zero-order chi connectivity index (χ0) is 36.3. The van der Waals surface area contributed by atoms with Crippen LogP contribution in [0.3, 0.4) is 0 Å². The summed E-state index contributed by atoms with van der Waals surface area (Å²) in [7, 11) is 0. The lowest BCUT2D eigenvalue weighted by molar-refractivity contribution is -0.137. The van der Waals surface area contributed by atoms with Crippen molar-refractivity contribution < 1.29 is 32.7 Å². The number of halogens is 5. The van der Waals surface area contributed by atoms with Gasteiger partial charge >= 0.3 is 12.2 Å². The van der Waals surface area contributed by atoms with E-state index in [1.165, 1.54) is 12.1 Å². The Morgan fingerprint density at radius 3 is 2.24 bits per heavy atom. The highest BCUT2D eigenvalue weighted by atomic mass is 79.9. The SMILES string of the molecule is NCCCC[C@H](NC(=O)[C@H](Cc1cc(Br)c(O)c(Br)c1)NC(=O)NCCc1cccc(C(F)(F)F)c1)C(=O)N1CCN(c2ccncc2)CC1. The van der Waals surface area contributed by atoms with Crippen molar-refractivity contribution in [1.29, 1.82) is 0 Å². The minimum atomic E-state index is -4.49. The number of benzene rings is 2. The van der Waals surface area contributed by atoms with Gasteiger partial charge in [-0.25, -0.2) is 4.79 Å². The molecule has 2 atom stereocenters. The molecule has 0 aliphatic carbocycles. The number of rotatable bonds is 14. The Morgan fingerprint density at radius 1 is 0.920 bits per heavy atom. The summed E-state index contributed by atoms with van der Waals surface area (Å²) in [5, 5.41) is 18.3. The van der Waals surface area contributed by atoms with Gasteiger partial charge in [0.2, 0.25) is 11.8 Å². The molecule has 0 bridgehead atoms. The van der Waals surface area contributed by atoms with Gasteiger partial charge in [-0.1, -0.05) is 18.2 Å². The Bertz CT molecular complexity index is 1590. The van der Waals surface area contributed by atoms with Crippen molar-refractivity contribution in [3.05, 3.63) is 86.6 Å². The molecule has 0 saturated carbocycles. The molecule has 1 aliphatic rings. The number of alkyl halides is 3. The average molecular weight is 828 g/mol. The van der Waals surface area contributed by atoms with Gasteiger partial charge in [0.05, 0.1) is 14.5 Å². The Kier molecular flexibility index (Phi) is 14.3. The van der Waals surface area contributed by atoms with E-state index in [-0.39, 0.29) is 31.0 Å². The lowest BCUT2D eigenvalue weighted by atomic mass is 10.0. The zero-order valence-corrected chi connectivity index (χ0v) is 30.4. The highest BCUT2D eigenvalue weighted by Gasteiger charge is 2.32. The second-order valence-electron chi connectivity index (χ2n) is 11.9. The molecule has 1 aliphatic heterocycles. The van der Waals surface area contributed by atoms with E-state index in [1.807, 2.05) is 12.1 Å². The summed E-state index contributed by atoms with van der Waals surface area (Å²) in [6.45, 7) is 2.55. The van der Waals surface area contributed by atoms with Crippen molar-refractivity contribution in [1.82, 2.24) is 25.8 Å². The number of anilines is 1. The number of aromatic nitrogens is 1. The Labute approximate surface area is 305 Å². The molecule has 50 heavy (non-hydrogen) atoms. The summed E-state index contributed by atoms with van der Waals surface area (Å²) in [6, 6.07) is 9.15. The number of phenols is 1. The van der Waals surface area contributed by atoms with Crippen LogP contribution in [0.15, 0.2) is 69.9 Å². The molecule has 270 valence electrons. The maximum atomic E-state index is 13.9. The summed E-state index contributed by atoms with van der Waals surface area (Å²) in [5.41, 5.74) is 6.91. The van der Waals surface area contributed by atoms with Gasteiger partial charge in [-0.3, -0.25) is 14.6 Å². The number of pyridine rings is 1. The molecule has 1 saturated heterocycles. The first kappa shape index (κ1) is 38.9. The minimum absolute atomic E-state index is 0.00131. The number of carbonyl (C=O) groups excluding carboxylic acids is 3. The van der Waals surface area contributed by atoms with Crippen molar-refractivity contribution in [3.63, 3.8) is 0 Å². The van der Waals surface area contributed by atoms with Crippen molar-refractivity contribution in [2.45, 2.75) is 50.4 Å². The fourth-order valence-corrected chi connectivity index (χ4v) is 6.88. The Balaban J connectivity index is 1.45. The highest BCUT2D eigenvalue weighted by Crippen LogP contribution is 2.34. The van der Waals surface area contributed by atoms with Crippen LogP contribution in [0, 0.1) is 0 Å². The fraction of sp³-hybridized carbons (Fsp3) is 0.412. The summed E-state index contributed by atoms with van der Waals surface area (Å²) < 4.78 is 40.1. The summed E-state index contributed by atoms with van der Waals surface area (Å²) in [5.74, 6) is -0.867. The number of aromatic hydroxyl groups is 1. The highest BCUT2D eigenvalue weighted by molar-refractivity contribution is 9.11. The molecule has 11 nitrogen and oxygen atoms in total. The van der Waals surface area contributed by atoms with E-state index in [2.05, 4.69) is 57.7 Å². The number of hydrogen-bond acceptors (Lipinski definition) is 7. The zero-order valence-electron chi connectivity index (χ0n) is 27.2. The van der Waals surface area contributed by atoms with Gasteiger partial charge in [0, 0.05) is 57.2 Å². The third-order valence-corrected chi connectivity index (χ3v) is 9.48. The number of nitrogens with two attached hydrogens (primary N) is 1. The van der Waals surface area contributed by atoms with Crippen LogP contribution in [0.5, 0.6) is 5.75 Å². The maximum Gasteiger partial charge on any atom is 0.416 e. The molecule has 0 radical (unpaired) electrons. The smallest absolute Gasteiger partial charge is 0.416 e. The van der Waals surface area contributed by atoms with E-state index in [0.29, 0.717) is 72.1 Å². The molecule has 0 spiro atoms. The number of nitrogens with zero attached hydrogens (tertiary/aromatic N) is 3. The molecule has 4 amide bonds. The lowest BCUT2D eigenvalue weighted by Gasteiger charge is -2.37. The maximum absolute atomic E-state index is 13.9. The van der Waals surface area contributed by atoms with Gasteiger partial charge in [-0.15, -0.1) is 0 Å². The van der Waals surface area contributed by atoms with E-state index in [4.69, 9.17) is 5.73 Å². The van der Waals surface area contributed by atoms with Crippen LogP contribution in [0.1, 0.15) is 36.0 Å². The van der Waals surface area contributed by atoms with Gasteiger partial charge in [0.25, 0.3) is 0 Å². The molecule has 4 rings (SSSR count). The quantitative estimate of drug-likeness (QED) is 0.147. The van der Waals surface area contributed by atoms with Gasteiger partial charge in [-0.2, -0.15) is 13.2 Å². The summed E-state index contributed by atoms with van der Waals surface area (Å²) in [6.07, 6.45) is 0.656. The monoisotopic (exact) mass is 825 g/mol. The normalized spacial score (nSPS) is 14.5. The number of amides is 4. The van der Waals surface area contributed by atoms with Crippen LogP contribution in [-0.2, 0) is 28.6 Å². The molecule has 16 heteroatoms. The summed E-state index contributed by atoms with van der Waals surface area (Å²) in [4.78, 5) is 48.7. The standard InChI is InChI=1S/C34H40Br2F3N7O4/c35-26-19-23(20-27(36)30(26)47)21-29(44-33(50)42-13-7-22-4-3-5-24(18-22)34(37,38)39)31(48)43-28(6-1-2-10-40)32(49)46-16-14-45(15-17-46)25-8-11-41-12-9-25/h3-5,8-9,11-12,18-20,28-29,47H,1-2,6-7,10,13-17,21,40H2,(H,43,48)(H2,42,44,50)/t28-,29-/m0/s1. The van der Waals surface area contributed by atoms with Gasteiger partial charge in [0.1, 0.15) is 17.8 Å². The van der Waals surface area contributed by atoms with Crippen LogP contribution in [0.2, 0.25) is 0 Å². The van der Waals surface area contributed by atoms with Crippen LogP contribution in [-0.4, -0.2) is 84.2 Å². The first-order chi connectivity index (χ1) is 23.8. The van der Waals surface area contributed by atoms with Crippen molar-refractivity contribution in [3.8, 4) is 5.75 Å². The minimum Gasteiger partial charge on any atom is -0.506 e. The first-order valence-electron chi connectivity index (χ1n) is 16.2. The second-order valence-corrected chi connectivity index (χ2v) is 13.6. The predicted octanol–water partition coefficient (Wildman–Crippen LogP) is 4.75. The molecule has 1 fully saturated rings. The number of urea groups is 1. The Morgan fingerprint density at radius 2 is 1.60 bits per heavy atom. The molecule has 1 aromatic heterocycles. The average Bonchev–Trinajstić information content (AvgIpc) is 3.10. The molecule has 6 N–H and O–H groups in total. The largest absolute Gasteiger partial charge is 0.506 e. The summed E-state index contributed by atoms with van der Waals surface area (Å²) >= 11 is 6.58. The molecule has 2 aromatic carbocycles. The fourth-order valence-electron chi connectivity index (χ4n) is 5.60. The molecule has 2 heterocycles. The van der Waals surface area contributed by atoms with E-state index in [0.717, 1.165) is 17.8 Å². The van der Waals surface area contributed by atoms with Crippen LogP contribution in [0.4, 0.5) is 23.7 Å². The second kappa shape index (κ2) is 18.4. The van der Waals surface area contributed by atoms with Crippen LogP contribution < -0.4 is 26.6 Å². The van der Waals surface area contributed by atoms with E-state index in [1.54, 1.807) is 29.4 Å². The number of phenolic OH excluding ortho intramolecular Hbond substituents is 1. The number of carbonyl (C=O) groups is 3. The lowest BCUT2D eigenvalue weighted by Crippen LogP contribution is -2.58. The molecule has 0 unspecified atom stereocenters. The third-order valence-electron chi connectivity index (χ3n) is 8.27. The van der Waals surface area contributed by atoms with Gasteiger partial charge < -0.3 is 36.6 Å². The molecule has 3 aromatic rings. The van der Waals surface area contributed by atoms with Crippen molar-refractivity contribution in [2.75, 3.05) is 44.2 Å². The van der Waals surface area contributed by atoms with Gasteiger partial charge in [-0.05, 0) is 106 Å². The van der Waals surface area contributed by atoms with Crippen molar-refractivity contribution in [2.24, 2.45) is 5.73 Å². The number of unbranched alkanes of at least 4 members (excludes halogenated alkanes) is 1.